The minimum absolute atomic E-state index is 0.148. The molecule has 568 valence electrons. The van der Waals surface area contributed by atoms with Crippen LogP contribution in [0, 0.1) is 60.8 Å². The molecule has 0 amide bonds. The molecule has 0 unspecified atom stereocenters. The van der Waals surface area contributed by atoms with E-state index in [1.54, 1.807) is 120 Å². The normalized spacial score (nSPS) is 11.6. The molecule has 0 atom stereocenters. The van der Waals surface area contributed by atoms with Crippen molar-refractivity contribution in [2.24, 2.45) is 46.3 Å². The van der Waals surface area contributed by atoms with Gasteiger partial charge in [-0.05, 0) is 128 Å². The molecule has 113 heavy (non-hydrogen) atoms. The second-order valence-electron chi connectivity index (χ2n) is 26.3. The SMILES string of the molecule is Cc1ccc[n+](-c2c(O)[nH]c(=O)c(/N=N\c3ccccc3C(=O)OCC(COC(=O)c3ccccc3/N=N\c3c(C)c(-[n+]4cccc(C)c4)c(O)[nH]c3=O)(COC(=O)c3ccccc3/N=N\c3c(C)c(-[n+]4cccc(C)c4)c(O)[nH]c3=O)COC(=O)c3ccccc3/N=N\c3c(C)c(-[n+]4cccc(C)c4)c(O)[nH]c3=O)c2C)c1. The number of azo groups is 4. The number of aromatic hydroxyl groups is 4. The molecule has 8 N–H and O–H groups in total. The number of benzene rings is 4. The molecule has 8 aromatic heterocycles. The number of rotatable bonds is 24. The third kappa shape index (κ3) is 17.2. The van der Waals surface area contributed by atoms with Gasteiger partial charge in [-0.2, -0.15) is 18.3 Å². The average Bonchev–Trinajstić information content (AvgIpc) is 0.799. The molecule has 32 nitrogen and oxygen atoms in total. The highest BCUT2D eigenvalue weighted by molar-refractivity contribution is 5.97. The zero-order valence-electron chi connectivity index (χ0n) is 61.9. The van der Waals surface area contributed by atoms with Crippen molar-refractivity contribution < 1.29 is 76.8 Å². The lowest BCUT2D eigenvalue weighted by molar-refractivity contribution is -0.597. The summed E-state index contributed by atoms with van der Waals surface area (Å²) in [4.78, 5) is 124. The van der Waals surface area contributed by atoms with Crippen LogP contribution in [0.2, 0.25) is 0 Å². The van der Waals surface area contributed by atoms with E-state index in [1.165, 1.54) is 97.1 Å². The summed E-state index contributed by atoms with van der Waals surface area (Å²) in [6.45, 7) is 9.67. The summed E-state index contributed by atoms with van der Waals surface area (Å²) in [7, 11) is 0. The van der Waals surface area contributed by atoms with E-state index in [0.717, 1.165) is 22.3 Å². The monoisotopic (exact) mass is 1520 g/mol. The van der Waals surface area contributed by atoms with Gasteiger partial charge in [0, 0.05) is 46.5 Å². The molecule has 12 rings (SSSR count). The smallest absolute Gasteiger partial charge is 0.340 e. The fourth-order valence-electron chi connectivity index (χ4n) is 12.2. The quantitative estimate of drug-likeness (QED) is 0.0121. The van der Waals surface area contributed by atoms with Crippen molar-refractivity contribution >= 4 is 69.4 Å². The number of esters is 4. The number of aromatic amines is 4. The Morgan fingerprint density at radius 1 is 0.310 bits per heavy atom. The molecule has 0 aliphatic rings. The van der Waals surface area contributed by atoms with Gasteiger partial charge in [-0.25, -0.2) is 19.2 Å². The van der Waals surface area contributed by atoms with Crippen LogP contribution in [0.4, 0.5) is 45.5 Å². The van der Waals surface area contributed by atoms with E-state index in [-0.39, 0.29) is 113 Å². The third-order valence-electron chi connectivity index (χ3n) is 17.9. The van der Waals surface area contributed by atoms with Gasteiger partial charge in [0.2, 0.25) is 0 Å². The fourth-order valence-corrected chi connectivity index (χ4v) is 12.2. The number of ether oxygens (including phenoxy) is 4. The number of carbonyl (C=O) groups excluding carboxylic acids is 4. The van der Waals surface area contributed by atoms with E-state index >= 15 is 0 Å². The molecular weight excluding hydrogens is 1450 g/mol. The van der Waals surface area contributed by atoms with Crippen LogP contribution in [-0.4, -0.2) is 90.7 Å². The number of nitrogens with one attached hydrogen (secondary N) is 4. The summed E-state index contributed by atoms with van der Waals surface area (Å²) in [5, 5.41) is 78.3. The molecule has 8 heterocycles. The summed E-state index contributed by atoms with van der Waals surface area (Å²) in [6.07, 6.45) is 13.5. The van der Waals surface area contributed by atoms with Crippen molar-refractivity contribution in [1.82, 2.24) is 19.9 Å². The summed E-state index contributed by atoms with van der Waals surface area (Å²) in [6, 6.07) is 37.1. The summed E-state index contributed by atoms with van der Waals surface area (Å²) in [5.41, 5.74) is -3.32. The predicted octanol–water partition coefficient (Wildman–Crippen LogP) is 12.2. The molecule has 0 radical (unpaired) electrons. The largest absolute Gasteiger partial charge is 0.490 e. The molecule has 0 bridgehead atoms. The summed E-state index contributed by atoms with van der Waals surface area (Å²) in [5.74, 6) is -6.41. The molecule has 12 aromatic rings. The van der Waals surface area contributed by atoms with E-state index in [0.29, 0.717) is 0 Å². The average molecular weight is 1530 g/mol. The highest BCUT2D eigenvalue weighted by Gasteiger charge is 2.40. The van der Waals surface area contributed by atoms with Crippen LogP contribution in [0.15, 0.2) is 255 Å². The van der Waals surface area contributed by atoms with E-state index < -0.39 is 101 Å². The fraction of sp³-hybridized carbons (Fsp3) is 0.160. The lowest BCUT2D eigenvalue weighted by atomic mass is 9.91. The first-order valence-corrected chi connectivity index (χ1v) is 34.7. The Labute approximate surface area is 641 Å². The maximum absolute atomic E-state index is 15.0. The van der Waals surface area contributed by atoms with Crippen molar-refractivity contribution in [3.05, 3.63) is 303 Å². The molecular formula is C81H72N16O16+4. The van der Waals surface area contributed by atoms with Gasteiger partial charge in [0.1, 0.15) is 54.6 Å². The third-order valence-corrected chi connectivity index (χ3v) is 17.9. The number of H-pyrrole nitrogens is 4. The second-order valence-corrected chi connectivity index (χ2v) is 26.3. The van der Waals surface area contributed by atoms with Gasteiger partial charge < -0.3 is 39.4 Å². The first kappa shape index (κ1) is 77.4. The van der Waals surface area contributed by atoms with Gasteiger partial charge in [0.15, 0.2) is 72.3 Å². The number of carbonyl (C=O) groups is 4. The van der Waals surface area contributed by atoms with Gasteiger partial charge >= 0.3 is 23.9 Å². The minimum Gasteiger partial charge on any atom is -0.490 e. The Kier molecular flexibility index (Phi) is 22.9. The van der Waals surface area contributed by atoms with Gasteiger partial charge in [-0.1, -0.05) is 48.5 Å². The second kappa shape index (κ2) is 33.5. The summed E-state index contributed by atoms with van der Waals surface area (Å²) >= 11 is 0. The predicted molar refractivity (Wildman–Crippen MR) is 405 cm³/mol. The van der Waals surface area contributed by atoms with Crippen molar-refractivity contribution in [3.8, 4) is 46.3 Å². The minimum atomic E-state index is -2.20. The van der Waals surface area contributed by atoms with Gasteiger partial charge in [-0.15, -0.1) is 40.9 Å². The van der Waals surface area contributed by atoms with Crippen molar-refractivity contribution in [1.29, 1.82) is 0 Å². The molecule has 32 heteroatoms. The Morgan fingerprint density at radius 3 is 0.717 bits per heavy atom. The maximum Gasteiger partial charge on any atom is 0.340 e. The van der Waals surface area contributed by atoms with Gasteiger partial charge in [-0.3, -0.25) is 39.1 Å². The van der Waals surface area contributed by atoms with Crippen LogP contribution in [0.1, 0.15) is 85.9 Å². The molecule has 0 spiro atoms. The number of pyridine rings is 8. The van der Waals surface area contributed by atoms with E-state index in [4.69, 9.17) is 18.9 Å². The lowest BCUT2D eigenvalue weighted by Crippen LogP contribution is -2.44. The van der Waals surface area contributed by atoms with Crippen LogP contribution in [0.25, 0.3) is 22.7 Å². The van der Waals surface area contributed by atoms with Crippen molar-refractivity contribution in [2.75, 3.05) is 26.4 Å². The van der Waals surface area contributed by atoms with E-state index in [2.05, 4.69) is 60.8 Å². The highest BCUT2D eigenvalue weighted by atomic mass is 16.6. The molecule has 0 saturated carbocycles. The van der Waals surface area contributed by atoms with Crippen LogP contribution in [-0.2, 0) is 18.9 Å². The Morgan fingerprint density at radius 2 is 0.513 bits per heavy atom. The van der Waals surface area contributed by atoms with Gasteiger partial charge in [0.25, 0.3) is 68.5 Å². The zero-order chi connectivity index (χ0) is 80.4. The molecule has 0 aliphatic heterocycles. The van der Waals surface area contributed by atoms with Gasteiger partial charge in [0.05, 0.1) is 44.5 Å². The number of aryl methyl sites for hydroxylation is 4. The number of hydrogen-bond donors (Lipinski definition) is 8. The lowest BCUT2D eigenvalue weighted by Gasteiger charge is -2.31. The van der Waals surface area contributed by atoms with Crippen molar-refractivity contribution in [3.63, 3.8) is 0 Å². The van der Waals surface area contributed by atoms with E-state index in [1.807, 2.05) is 52.0 Å². The molecule has 0 saturated heterocycles. The van der Waals surface area contributed by atoms with Crippen LogP contribution < -0.4 is 40.5 Å². The van der Waals surface area contributed by atoms with Crippen LogP contribution in [0.5, 0.6) is 23.5 Å². The van der Waals surface area contributed by atoms with Crippen LogP contribution in [0.3, 0.4) is 0 Å². The zero-order valence-corrected chi connectivity index (χ0v) is 61.9. The topological polar surface area (TPSA) is 432 Å². The first-order chi connectivity index (χ1) is 54.3. The first-order valence-electron chi connectivity index (χ1n) is 34.7. The van der Waals surface area contributed by atoms with Crippen molar-refractivity contribution in [2.45, 2.75) is 55.4 Å². The number of aromatic nitrogens is 8. The summed E-state index contributed by atoms with van der Waals surface area (Å²) < 4.78 is 30.9. The van der Waals surface area contributed by atoms with E-state index in [9.17, 15) is 58.8 Å². The standard InChI is InChI=1S/C81H68N16O16/c1-45-21-17-33-94(37-45)65-49(5)61(69(98)82-73(65)102)90-86-57-29-13-9-25-53(57)77(106)110-41-81(42-111-78(107)54-26-10-14-30-58(54)87-91-62-50(6)66(74(103)83-70(62)99)95-34-18-22-46(2)38-95,43-112-79(108)55-27-11-15-31-59(55)88-92-63-51(7)67(75(104)84-71(63)100)96-35-19-23-47(3)39-96)44-113-80(109)56-28-12-16-32-60(56)89-93-64-52(8)68(76(105)85-72(64)101)97-36-20-24-48(4)40-97/h9-40H,41-44H2,1-8H3,(H4-4,82,83,84,85,86,87,88,89,98,99,100,101,102,103,104,105,106,107,108,109)/p+4. The number of hydrogen-bond acceptors (Lipinski definition) is 24. The number of nitrogens with zero attached hydrogens (tertiary/aromatic N) is 12. The maximum atomic E-state index is 15.0. The Hall–Kier alpha value is -15.2. The highest BCUT2D eigenvalue weighted by Crippen LogP contribution is 2.35. The Bertz CT molecular complexity index is 5440. The molecule has 4 aromatic carbocycles. The molecule has 0 fully saturated rings. The Balaban J connectivity index is 0.933. The molecule has 0 aliphatic carbocycles. The van der Waals surface area contributed by atoms with Crippen LogP contribution >= 0.6 is 0 Å².